The molecule has 31 heavy (non-hydrogen) atoms. The summed E-state index contributed by atoms with van der Waals surface area (Å²) in [5.41, 5.74) is -0.0372. The van der Waals surface area contributed by atoms with Crippen molar-refractivity contribution in [3.8, 4) is 0 Å². The molecule has 12 heteroatoms. The fourth-order valence-corrected chi connectivity index (χ4v) is 4.31. The molecule has 0 aliphatic carbocycles. The topological polar surface area (TPSA) is 118 Å². The van der Waals surface area contributed by atoms with Gasteiger partial charge in [-0.15, -0.1) is 0 Å². The Balaban J connectivity index is 1.94. The van der Waals surface area contributed by atoms with Crippen LogP contribution < -0.4 is 10.0 Å². The largest absolute Gasteiger partial charge is 0.322 e. The molecule has 160 valence electrons. The summed E-state index contributed by atoms with van der Waals surface area (Å²) < 4.78 is 28.4. The van der Waals surface area contributed by atoms with Gasteiger partial charge in [0, 0.05) is 22.3 Å². The molecule has 2 N–H and O–H groups in total. The predicted octanol–water partition coefficient (Wildman–Crippen LogP) is 5.72. The highest BCUT2D eigenvalue weighted by atomic mass is 79.9. The summed E-state index contributed by atoms with van der Waals surface area (Å²) >= 11 is 15.1. The number of halogens is 3. The van der Waals surface area contributed by atoms with Gasteiger partial charge in [-0.05, 0) is 42.5 Å². The molecule has 0 atom stereocenters. The number of anilines is 2. The lowest BCUT2D eigenvalue weighted by Gasteiger charge is -2.14. The van der Waals surface area contributed by atoms with Crippen molar-refractivity contribution >= 4 is 72.1 Å². The van der Waals surface area contributed by atoms with Crippen molar-refractivity contribution in [2.75, 3.05) is 10.0 Å². The summed E-state index contributed by atoms with van der Waals surface area (Å²) in [6, 6.07) is 13.4. The van der Waals surface area contributed by atoms with Crippen molar-refractivity contribution in [3.05, 3.63) is 90.9 Å². The van der Waals surface area contributed by atoms with Crippen LogP contribution in [0.3, 0.4) is 0 Å². The van der Waals surface area contributed by atoms with Crippen molar-refractivity contribution in [1.82, 2.24) is 0 Å². The standard InChI is InChI=1S/C19H12BrCl2N3O5S/c20-11-4-7-18(24-31(29,30)14-3-1-2-13(10-14)25(27)28)15(8-11)19(26)23-12-5-6-16(21)17(22)9-12/h1-10,24H,(H,23,26). The first kappa shape index (κ1) is 23.0. The van der Waals surface area contributed by atoms with E-state index in [0.29, 0.717) is 15.2 Å². The Morgan fingerprint density at radius 3 is 2.42 bits per heavy atom. The maximum atomic E-state index is 12.8. The van der Waals surface area contributed by atoms with Gasteiger partial charge in [-0.3, -0.25) is 19.6 Å². The van der Waals surface area contributed by atoms with Crippen molar-refractivity contribution in [2.45, 2.75) is 4.90 Å². The van der Waals surface area contributed by atoms with Gasteiger partial charge in [0.15, 0.2) is 0 Å². The molecule has 0 saturated heterocycles. The molecule has 0 aliphatic rings. The number of non-ortho nitro benzene ring substituents is 1. The average Bonchev–Trinajstić information content (AvgIpc) is 2.72. The highest BCUT2D eigenvalue weighted by Crippen LogP contribution is 2.28. The number of amides is 1. The van der Waals surface area contributed by atoms with E-state index in [1.54, 1.807) is 6.07 Å². The zero-order chi connectivity index (χ0) is 22.8. The lowest BCUT2D eigenvalue weighted by Crippen LogP contribution is -2.19. The van der Waals surface area contributed by atoms with Gasteiger partial charge in [-0.2, -0.15) is 0 Å². The van der Waals surface area contributed by atoms with Crippen molar-refractivity contribution in [2.24, 2.45) is 0 Å². The smallest absolute Gasteiger partial charge is 0.270 e. The Hall–Kier alpha value is -2.66. The van der Waals surface area contributed by atoms with Gasteiger partial charge in [0.25, 0.3) is 21.6 Å². The number of benzene rings is 3. The van der Waals surface area contributed by atoms with Crippen LogP contribution in [0, 0.1) is 10.1 Å². The molecular formula is C19H12BrCl2N3O5S. The fraction of sp³-hybridized carbons (Fsp3) is 0. The molecular weight excluding hydrogens is 533 g/mol. The summed E-state index contributed by atoms with van der Waals surface area (Å²) in [5, 5.41) is 14.1. The van der Waals surface area contributed by atoms with E-state index in [9.17, 15) is 23.3 Å². The van der Waals surface area contributed by atoms with Crippen molar-refractivity contribution in [3.63, 3.8) is 0 Å². The van der Waals surface area contributed by atoms with E-state index in [0.717, 1.165) is 6.07 Å². The molecule has 0 saturated carbocycles. The predicted molar refractivity (Wildman–Crippen MR) is 122 cm³/mol. The summed E-state index contributed by atoms with van der Waals surface area (Å²) in [6.45, 7) is 0. The van der Waals surface area contributed by atoms with Gasteiger partial charge in [-0.25, -0.2) is 8.42 Å². The van der Waals surface area contributed by atoms with Gasteiger partial charge in [0.05, 0.1) is 31.1 Å². The SMILES string of the molecule is O=C(Nc1ccc(Cl)c(Cl)c1)c1cc(Br)ccc1NS(=O)(=O)c1cccc([N+](=O)[O-])c1. The van der Waals surface area contributed by atoms with Crippen LogP contribution in [0.1, 0.15) is 10.4 Å². The normalized spacial score (nSPS) is 11.1. The lowest BCUT2D eigenvalue weighted by molar-refractivity contribution is -0.385. The van der Waals surface area contributed by atoms with Gasteiger partial charge in [0.1, 0.15) is 0 Å². The molecule has 0 heterocycles. The third kappa shape index (κ3) is 5.53. The molecule has 0 aliphatic heterocycles. The quantitative estimate of drug-likeness (QED) is 0.304. The minimum absolute atomic E-state index is 0.00875. The number of hydrogen-bond acceptors (Lipinski definition) is 5. The molecule has 0 unspecified atom stereocenters. The molecule has 0 spiro atoms. The Kier molecular flexibility index (Phi) is 6.85. The van der Waals surface area contributed by atoms with Crippen LogP contribution in [0.4, 0.5) is 17.1 Å². The second-order valence-electron chi connectivity index (χ2n) is 6.13. The van der Waals surface area contributed by atoms with Crippen LogP contribution >= 0.6 is 39.1 Å². The molecule has 0 bridgehead atoms. The fourth-order valence-electron chi connectivity index (χ4n) is 2.53. The number of sulfonamides is 1. The highest BCUT2D eigenvalue weighted by molar-refractivity contribution is 9.10. The number of nitrogens with one attached hydrogen (secondary N) is 2. The molecule has 0 fully saturated rings. The summed E-state index contributed by atoms with van der Waals surface area (Å²) in [7, 11) is -4.21. The first-order chi connectivity index (χ1) is 14.6. The second-order valence-corrected chi connectivity index (χ2v) is 9.55. The first-order valence-electron chi connectivity index (χ1n) is 8.40. The minimum Gasteiger partial charge on any atom is -0.322 e. The molecule has 3 rings (SSSR count). The van der Waals surface area contributed by atoms with Crippen LogP contribution in [0.25, 0.3) is 0 Å². The van der Waals surface area contributed by atoms with Crippen LogP contribution in [0.2, 0.25) is 10.0 Å². The molecule has 1 amide bonds. The summed E-state index contributed by atoms with van der Waals surface area (Å²) in [4.78, 5) is 22.8. The van der Waals surface area contributed by atoms with E-state index in [2.05, 4.69) is 26.0 Å². The number of carbonyl (C=O) groups is 1. The Labute approximate surface area is 195 Å². The first-order valence-corrected chi connectivity index (χ1v) is 11.4. The maximum Gasteiger partial charge on any atom is 0.270 e. The van der Waals surface area contributed by atoms with Crippen LogP contribution in [-0.4, -0.2) is 19.2 Å². The van der Waals surface area contributed by atoms with Crippen LogP contribution in [-0.2, 0) is 10.0 Å². The third-order valence-electron chi connectivity index (χ3n) is 3.99. The molecule has 3 aromatic carbocycles. The molecule has 0 radical (unpaired) electrons. The zero-order valence-electron chi connectivity index (χ0n) is 15.3. The number of nitro benzene ring substituents is 1. The van der Waals surface area contributed by atoms with Crippen LogP contribution in [0.15, 0.2) is 70.0 Å². The minimum atomic E-state index is -4.21. The van der Waals surface area contributed by atoms with Gasteiger partial charge >= 0.3 is 0 Å². The summed E-state index contributed by atoms with van der Waals surface area (Å²) in [5.74, 6) is -0.614. The van der Waals surface area contributed by atoms with Gasteiger partial charge in [0.2, 0.25) is 0 Å². The van der Waals surface area contributed by atoms with E-state index in [1.807, 2.05) is 0 Å². The van der Waals surface area contributed by atoms with Crippen LogP contribution in [0.5, 0.6) is 0 Å². The molecule has 3 aromatic rings. The Morgan fingerprint density at radius 2 is 1.74 bits per heavy atom. The van der Waals surface area contributed by atoms with Gasteiger partial charge < -0.3 is 5.32 Å². The van der Waals surface area contributed by atoms with Crippen molar-refractivity contribution in [1.29, 1.82) is 0 Å². The Morgan fingerprint density at radius 1 is 1.00 bits per heavy atom. The summed E-state index contributed by atoms with van der Waals surface area (Å²) in [6.07, 6.45) is 0. The number of hydrogen-bond donors (Lipinski definition) is 2. The number of nitro groups is 1. The van der Waals surface area contributed by atoms with E-state index in [1.165, 1.54) is 48.5 Å². The second kappa shape index (κ2) is 9.23. The molecule has 0 aromatic heterocycles. The highest BCUT2D eigenvalue weighted by Gasteiger charge is 2.21. The number of carbonyl (C=O) groups excluding carboxylic acids is 1. The van der Waals surface area contributed by atoms with E-state index < -0.39 is 20.9 Å². The van der Waals surface area contributed by atoms with E-state index in [4.69, 9.17) is 23.2 Å². The van der Waals surface area contributed by atoms with Crippen molar-refractivity contribution < 1.29 is 18.1 Å². The molecule has 8 nitrogen and oxygen atoms in total. The zero-order valence-corrected chi connectivity index (χ0v) is 19.2. The third-order valence-corrected chi connectivity index (χ3v) is 6.58. The average molecular weight is 545 g/mol. The monoisotopic (exact) mass is 543 g/mol. The number of rotatable bonds is 6. The lowest BCUT2D eigenvalue weighted by atomic mass is 10.1. The van der Waals surface area contributed by atoms with E-state index >= 15 is 0 Å². The number of nitrogens with zero attached hydrogens (tertiary/aromatic N) is 1. The van der Waals surface area contributed by atoms with Gasteiger partial charge in [-0.1, -0.05) is 45.2 Å². The maximum absolute atomic E-state index is 12.8. The van der Waals surface area contributed by atoms with E-state index in [-0.39, 0.29) is 26.9 Å². The Bertz CT molecular complexity index is 1300.